The molecule has 0 unspecified atom stereocenters. The number of anilines is 1. The first kappa shape index (κ1) is 18.9. The maximum Gasteiger partial charge on any atom is 0.121 e. The van der Waals surface area contributed by atoms with Crippen molar-refractivity contribution in [1.82, 2.24) is 4.57 Å². The first-order valence-electron chi connectivity index (χ1n) is 9.91. The van der Waals surface area contributed by atoms with E-state index < -0.39 is 0 Å². The fourth-order valence-electron chi connectivity index (χ4n) is 3.65. The molecule has 3 aromatic rings. The number of rotatable bonds is 8. The number of nitriles is 1. The molecular weight excluding hydrogens is 362 g/mol. The molecule has 4 rings (SSSR count). The van der Waals surface area contributed by atoms with Crippen molar-refractivity contribution in [2.75, 3.05) is 19.0 Å². The van der Waals surface area contributed by atoms with Gasteiger partial charge in [0, 0.05) is 37.2 Å². The van der Waals surface area contributed by atoms with Crippen LogP contribution >= 0.6 is 0 Å². The third kappa shape index (κ3) is 3.90. The van der Waals surface area contributed by atoms with Crippen LogP contribution in [0.1, 0.15) is 24.8 Å². The highest BCUT2D eigenvalue weighted by molar-refractivity contribution is 5.95. The Bertz CT molecular complexity index is 1090. The molecule has 2 aromatic carbocycles. The predicted octanol–water partition coefficient (Wildman–Crippen LogP) is 4.34. The van der Waals surface area contributed by atoms with Crippen molar-refractivity contribution < 1.29 is 4.74 Å². The van der Waals surface area contributed by atoms with Gasteiger partial charge in [-0.2, -0.15) is 5.26 Å². The van der Waals surface area contributed by atoms with E-state index in [2.05, 4.69) is 28.1 Å². The first-order valence-corrected chi connectivity index (χ1v) is 9.91. The molecule has 0 radical (unpaired) electrons. The number of fused-ring (bicyclic) bond motifs is 1. The molecule has 1 saturated carbocycles. The summed E-state index contributed by atoms with van der Waals surface area (Å²) in [6.07, 6.45) is 2.86. The maximum atomic E-state index is 9.97. The van der Waals surface area contributed by atoms with Gasteiger partial charge in [0.05, 0.1) is 29.2 Å². The average Bonchev–Trinajstić information content (AvgIpc) is 3.49. The summed E-state index contributed by atoms with van der Waals surface area (Å²) in [7, 11) is 1.90. The molecule has 0 aliphatic heterocycles. The molecule has 1 aliphatic rings. The van der Waals surface area contributed by atoms with Crippen LogP contribution < -0.4 is 15.8 Å². The van der Waals surface area contributed by atoms with Crippen LogP contribution in [0.2, 0.25) is 0 Å². The monoisotopic (exact) mass is 387 g/mol. The van der Waals surface area contributed by atoms with Gasteiger partial charge in [0.15, 0.2) is 0 Å². The minimum Gasteiger partial charge on any atom is -0.493 e. The zero-order valence-electron chi connectivity index (χ0n) is 16.5. The number of nitrogens with one attached hydrogen (secondary N) is 2. The third-order valence-electron chi connectivity index (χ3n) is 5.37. The summed E-state index contributed by atoms with van der Waals surface area (Å²) in [5.74, 6) is 1.51. The summed E-state index contributed by atoms with van der Waals surface area (Å²) in [6.45, 7) is 1.27. The van der Waals surface area contributed by atoms with E-state index in [0.717, 1.165) is 40.1 Å². The van der Waals surface area contributed by atoms with Crippen LogP contribution in [0, 0.1) is 22.7 Å². The van der Waals surface area contributed by atoms with Gasteiger partial charge in [-0.15, -0.1) is 0 Å². The first-order chi connectivity index (χ1) is 14.1. The summed E-state index contributed by atoms with van der Waals surface area (Å²) in [5, 5.41) is 21.4. The molecule has 0 spiro atoms. The van der Waals surface area contributed by atoms with E-state index in [9.17, 15) is 5.26 Å². The third-order valence-corrected chi connectivity index (χ3v) is 5.37. The maximum absolute atomic E-state index is 9.97. The lowest BCUT2D eigenvalue weighted by molar-refractivity contribution is 0.329. The topological polar surface area (TPSA) is 99.8 Å². The number of nitrogens with two attached hydrogens (primary N) is 1. The number of nitrogens with zero attached hydrogens (tertiary/aromatic N) is 2. The standard InChI is InChI=1S/C23H25N5O/c1-27-17-6-4-16(5-7-17)23-20(13-24)19-9-8-18(29-11-10-22(25)26)12-21(19)28(23)14-15-2-3-15/h4-9,12,15,27H,2-3,10-11,14H2,1H3,(H3,25,26). The van der Waals surface area contributed by atoms with E-state index in [1.807, 2.05) is 37.4 Å². The summed E-state index contributed by atoms with van der Waals surface area (Å²) >= 11 is 0. The van der Waals surface area contributed by atoms with Gasteiger partial charge in [0.25, 0.3) is 0 Å². The second kappa shape index (κ2) is 7.88. The van der Waals surface area contributed by atoms with Gasteiger partial charge in [-0.1, -0.05) is 12.1 Å². The van der Waals surface area contributed by atoms with Crippen LogP contribution in [0.4, 0.5) is 5.69 Å². The Morgan fingerprint density at radius 1 is 1.28 bits per heavy atom. The van der Waals surface area contributed by atoms with Crippen LogP contribution in [0.5, 0.6) is 5.75 Å². The van der Waals surface area contributed by atoms with Crippen LogP contribution in [0.15, 0.2) is 42.5 Å². The highest BCUT2D eigenvalue weighted by Crippen LogP contribution is 2.39. The normalized spacial score (nSPS) is 13.2. The summed E-state index contributed by atoms with van der Waals surface area (Å²) in [6, 6.07) is 16.5. The Morgan fingerprint density at radius 3 is 2.66 bits per heavy atom. The predicted molar refractivity (Wildman–Crippen MR) is 116 cm³/mol. The molecule has 1 heterocycles. The van der Waals surface area contributed by atoms with Gasteiger partial charge in [0.2, 0.25) is 0 Å². The van der Waals surface area contributed by atoms with E-state index in [1.165, 1.54) is 12.8 Å². The van der Waals surface area contributed by atoms with Crippen LogP contribution in [-0.2, 0) is 6.54 Å². The van der Waals surface area contributed by atoms with Gasteiger partial charge in [-0.05, 0) is 48.6 Å². The van der Waals surface area contributed by atoms with Crippen LogP contribution in [0.25, 0.3) is 22.2 Å². The van der Waals surface area contributed by atoms with Crippen molar-refractivity contribution in [3.63, 3.8) is 0 Å². The number of amidine groups is 1. The molecule has 6 nitrogen and oxygen atoms in total. The molecule has 148 valence electrons. The second-order valence-electron chi connectivity index (χ2n) is 7.52. The van der Waals surface area contributed by atoms with Crippen LogP contribution in [0.3, 0.4) is 0 Å². The van der Waals surface area contributed by atoms with E-state index in [4.69, 9.17) is 15.9 Å². The van der Waals surface area contributed by atoms with Crippen molar-refractivity contribution in [3.8, 4) is 23.1 Å². The van der Waals surface area contributed by atoms with Gasteiger partial charge < -0.3 is 20.4 Å². The molecule has 0 bridgehead atoms. The molecule has 1 fully saturated rings. The Labute approximate surface area is 170 Å². The smallest absolute Gasteiger partial charge is 0.121 e. The van der Waals surface area contributed by atoms with Crippen molar-refractivity contribution in [2.45, 2.75) is 25.8 Å². The van der Waals surface area contributed by atoms with Gasteiger partial charge >= 0.3 is 0 Å². The van der Waals surface area contributed by atoms with E-state index in [0.29, 0.717) is 24.5 Å². The van der Waals surface area contributed by atoms with Crippen molar-refractivity contribution >= 4 is 22.4 Å². The van der Waals surface area contributed by atoms with Gasteiger partial charge in [-0.25, -0.2) is 0 Å². The lowest BCUT2D eigenvalue weighted by Gasteiger charge is -2.12. The summed E-state index contributed by atoms with van der Waals surface area (Å²) in [5.41, 5.74) is 10.2. The molecule has 0 saturated heterocycles. The van der Waals surface area contributed by atoms with Crippen molar-refractivity contribution in [2.24, 2.45) is 11.7 Å². The molecule has 6 heteroatoms. The largest absolute Gasteiger partial charge is 0.493 e. The van der Waals surface area contributed by atoms with Crippen molar-refractivity contribution in [1.29, 1.82) is 10.7 Å². The average molecular weight is 387 g/mol. The molecule has 1 aromatic heterocycles. The van der Waals surface area contributed by atoms with E-state index in [-0.39, 0.29) is 5.84 Å². The van der Waals surface area contributed by atoms with Gasteiger partial charge in [0.1, 0.15) is 11.8 Å². The molecule has 1 aliphatic carbocycles. The minimum absolute atomic E-state index is 0.113. The molecular formula is C23H25N5O. The number of hydrogen-bond acceptors (Lipinski definition) is 4. The van der Waals surface area contributed by atoms with E-state index in [1.54, 1.807) is 0 Å². The quantitative estimate of drug-likeness (QED) is 0.395. The summed E-state index contributed by atoms with van der Waals surface area (Å²) in [4.78, 5) is 0. The van der Waals surface area contributed by atoms with Crippen molar-refractivity contribution in [3.05, 3.63) is 48.0 Å². The zero-order valence-corrected chi connectivity index (χ0v) is 16.5. The lowest BCUT2D eigenvalue weighted by atomic mass is 10.1. The van der Waals surface area contributed by atoms with Gasteiger partial charge in [-0.3, -0.25) is 5.41 Å². The van der Waals surface area contributed by atoms with Crippen LogP contribution in [-0.4, -0.2) is 24.1 Å². The molecule has 4 N–H and O–H groups in total. The SMILES string of the molecule is CNc1ccc(-c2c(C#N)c3ccc(OCCC(=N)N)cc3n2CC2CC2)cc1. The molecule has 0 amide bonds. The Balaban J connectivity index is 1.81. The Morgan fingerprint density at radius 2 is 2.03 bits per heavy atom. The Hall–Kier alpha value is -3.46. The number of benzene rings is 2. The molecule has 29 heavy (non-hydrogen) atoms. The Kier molecular flexibility index (Phi) is 5.13. The fraction of sp³-hybridized carbons (Fsp3) is 0.304. The zero-order chi connectivity index (χ0) is 20.4. The number of ether oxygens (including phenoxy) is 1. The number of aromatic nitrogens is 1. The molecule has 0 atom stereocenters. The fourth-order valence-corrected chi connectivity index (χ4v) is 3.65. The highest BCUT2D eigenvalue weighted by atomic mass is 16.5. The highest BCUT2D eigenvalue weighted by Gasteiger charge is 2.26. The minimum atomic E-state index is 0.113. The lowest BCUT2D eigenvalue weighted by Crippen LogP contribution is -2.13. The second-order valence-corrected chi connectivity index (χ2v) is 7.52. The summed E-state index contributed by atoms with van der Waals surface area (Å²) < 4.78 is 8.07. The van der Waals surface area contributed by atoms with E-state index >= 15 is 0 Å². The number of hydrogen-bond donors (Lipinski definition) is 3.